The van der Waals surface area contributed by atoms with Crippen LogP contribution >= 0.6 is 0 Å². The smallest absolute Gasteiger partial charge is 0.231 e. The highest BCUT2D eigenvalue weighted by Gasteiger charge is 2.13. The fourth-order valence-corrected chi connectivity index (χ4v) is 1.48. The van der Waals surface area contributed by atoms with Crippen LogP contribution in [0.3, 0.4) is 0 Å². The predicted molar refractivity (Wildman–Crippen MR) is 61.2 cm³/mol. The van der Waals surface area contributed by atoms with E-state index in [1.54, 1.807) is 0 Å². The third-order valence-electron chi connectivity index (χ3n) is 2.27. The van der Waals surface area contributed by atoms with Crippen molar-refractivity contribution in [2.24, 2.45) is 0 Å². The van der Waals surface area contributed by atoms with Gasteiger partial charge < -0.3 is 19.5 Å². The van der Waals surface area contributed by atoms with Gasteiger partial charge in [0.2, 0.25) is 6.79 Å². The van der Waals surface area contributed by atoms with E-state index in [9.17, 15) is 0 Å². The lowest BCUT2D eigenvalue weighted by molar-refractivity contribution is 0.173. The molecule has 0 unspecified atom stereocenters. The van der Waals surface area contributed by atoms with E-state index in [1.807, 2.05) is 18.2 Å². The number of hydrogen-bond acceptors (Lipinski definition) is 4. The molecule has 0 atom stereocenters. The largest absolute Gasteiger partial charge is 0.492 e. The second kappa shape index (κ2) is 5.07. The van der Waals surface area contributed by atoms with Crippen molar-refractivity contribution in [2.75, 3.05) is 19.9 Å². The molecule has 0 aromatic heterocycles. The minimum Gasteiger partial charge on any atom is -0.492 e. The summed E-state index contributed by atoms with van der Waals surface area (Å²) >= 11 is 0. The summed E-state index contributed by atoms with van der Waals surface area (Å²) in [6.45, 7) is 6.01. The molecule has 1 N–H and O–H groups in total. The summed E-state index contributed by atoms with van der Waals surface area (Å²) in [7, 11) is 0. The first-order valence-corrected chi connectivity index (χ1v) is 5.51. The minimum atomic E-state index is 0.299. The van der Waals surface area contributed by atoms with Crippen molar-refractivity contribution >= 4 is 0 Å². The molecule has 2 rings (SSSR count). The number of ether oxygens (including phenoxy) is 3. The molecular weight excluding hydrogens is 206 g/mol. The minimum absolute atomic E-state index is 0.299. The van der Waals surface area contributed by atoms with Gasteiger partial charge in [0.15, 0.2) is 11.5 Å². The van der Waals surface area contributed by atoms with Gasteiger partial charge in [-0.3, -0.25) is 0 Å². The van der Waals surface area contributed by atoms with Crippen molar-refractivity contribution in [3.05, 3.63) is 18.2 Å². The van der Waals surface area contributed by atoms with Gasteiger partial charge in [-0.25, -0.2) is 0 Å². The highest BCUT2D eigenvalue weighted by Crippen LogP contribution is 2.34. The molecular formula is C12H17NO3. The van der Waals surface area contributed by atoms with Gasteiger partial charge in [0, 0.05) is 18.7 Å². The molecule has 0 radical (unpaired) electrons. The molecule has 1 aliphatic rings. The van der Waals surface area contributed by atoms with Gasteiger partial charge in [0.25, 0.3) is 0 Å². The van der Waals surface area contributed by atoms with E-state index in [2.05, 4.69) is 19.2 Å². The molecule has 0 amide bonds. The quantitative estimate of drug-likeness (QED) is 0.772. The lowest BCUT2D eigenvalue weighted by Gasteiger charge is -2.09. The lowest BCUT2D eigenvalue weighted by Crippen LogP contribution is -2.27. The van der Waals surface area contributed by atoms with Crippen LogP contribution in [-0.2, 0) is 0 Å². The maximum atomic E-state index is 5.58. The number of rotatable bonds is 5. The Morgan fingerprint density at radius 2 is 2.12 bits per heavy atom. The van der Waals surface area contributed by atoms with E-state index < -0.39 is 0 Å². The van der Waals surface area contributed by atoms with Gasteiger partial charge in [-0.1, -0.05) is 13.8 Å². The Morgan fingerprint density at radius 1 is 1.31 bits per heavy atom. The van der Waals surface area contributed by atoms with Crippen LogP contribution in [0.2, 0.25) is 0 Å². The highest BCUT2D eigenvalue weighted by molar-refractivity contribution is 5.46. The van der Waals surface area contributed by atoms with Crippen LogP contribution in [0.1, 0.15) is 13.8 Å². The second-order valence-electron chi connectivity index (χ2n) is 3.97. The molecule has 0 bridgehead atoms. The first kappa shape index (κ1) is 11.1. The maximum absolute atomic E-state index is 5.58. The van der Waals surface area contributed by atoms with E-state index in [0.717, 1.165) is 23.8 Å². The molecule has 4 nitrogen and oxygen atoms in total. The van der Waals surface area contributed by atoms with Gasteiger partial charge in [-0.05, 0) is 12.1 Å². The summed E-state index contributed by atoms with van der Waals surface area (Å²) < 4.78 is 16.1. The first-order valence-electron chi connectivity index (χ1n) is 5.51. The Hall–Kier alpha value is -1.42. The summed E-state index contributed by atoms with van der Waals surface area (Å²) in [5.74, 6) is 2.36. The van der Waals surface area contributed by atoms with Crippen molar-refractivity contribution in [3.63, 3.8) is 0 Å². The third-order valence-corrected chi connectivity index (χ3v) is 2.27. The van der Waals surface area contributed by atoms with Gasteiger partial charge >= 0.3 is 0 Å². The zero-order valence-electron chi connectivity index (χ0n) is 9.66. The second-order valence-corrected chi connectivity index (χ2v) is 3.97. The molecule has 1 heterocycles. The average molecular weight is 223 g/mol. The molecule has 0 spiro atoms. The molecule has 1 aromatic rings. The summed E-state index contributed by atoms with van der Waals surface area (Å²) in [6.07, 6.45) is 0. The Bertz CT molecular complexity index is 352. The fourth-order valence-electron chi connectivity index (χ4n) is 1.48. The van der Waals surface area contributed by atoms with Crippen LogP contribution in [0, 0.1) is 0 Å². The SMILES string of the molecule is CC(C)NCCOc1ccc2c(c1)OCO2. The standard InChI is InChI=1S/C12H17NO3/c1-9(2)13-5-6-14-10-3-4-11-12(7-10)16-8-15-11/h3-4,7,9,13H,5-6,8H2,1-2H3. The normalized spacial score (nSPS) is 13.2. The molecule has 0 aliphatic carbocycles. The number of nitrogens with one attached hydrogen (secondary N) is 1. The third kappa shape index (κ3) is 2.79. The van der Waals surface area contributed by atoms with Crippen LogP contribution in [0.25, 0.3) is 0 Å². The predicted octanol–water partition coefficient (Wildman–Crippen LogP) is 1.79. The number of benzene rings is 1. The highest BCUT2D eigenvalue weighted by atomic mass is 16.7. The van der Waals surface area contributed by atoms with Crippen LogP contribution in [0.5, 0.6) is 17.2 Å². The Balaban J connectivity index is 1.81. The van der Waals surface area contributed by atoms with Gasteiger partial charge in [0.05, 0.1) is 0 Å². The van der Waals surface area contributed by atoms with Gasteiger partial charge in [-0.15, -0.1) is 0 Å². The molecule has 16 heavy (non-hydrogen) atoms. The van der Waals surface area contributed by atoms with Crippen LogP contribution in [0.15, 0.2) is 18.2 Å². The molecule has 1 aliphatic heterocycles. The van der Waals surface area contributed by atoms with Crippen molar-refractivity contribution in [1.29, 1.82) is 0 Å². The maximum Gasteiger partial charge on any atom is 0.231 e. The Labute approximate surface area is 95.5 Å². The Kier molecular flexibility index (Phi) is 3.51. The van der Waals surface area contributed by atoms with Crippen LogP contribution in [0.4, 0.5) is 0 Å². The molecule has 88 valence electrons. The summed E-state index contributed by atoms with van der Waals surface area (Å²) in [4.78, 5) is 0. The molecule has 4 heteroatoms. The summed E-state index contributed by atoms with van der Waals surface area (Å²) in [5, 5.41) is 3.29. The van der Waals surface area contributed by atoms with Crippen molar-refractivity contribution in [3.8, 4) is 17.2 Å². The van der Waals surface area contributed by atoms with Crippen LogP contribution in [-0.4, -0.2) is 26.0 Å². The first-order chi connectivity index (χ1) is 7.75. The Morgan fingerprint density at radius 3 is 2.94 bits per heavy atom. The monoisotopic (exact) mass is 223 g/mol. The van der Waals surface area contributed by atoms with E-state index in [0.29, 0.717) is 19.4 Å². The number of fused-ring (bicyclic) bond motifs is 1. The van der Waals surface area contributed by atoms with E-state index >= 15 is 0 Å². The van der Waals surface area contributed by atoms with E-state index in [4.69, 9.17) is 14.2 Å². The molecule has 1 aromatic carbocycles. The van der Waals surface area contributed by atoms with E-state index in [-0.39, 0.29) is 0 Å². The number of hydrogen-bond donors (Lipinski definition) is 1. The van der Waals surface area contributed by atoms with Crippen molar-refractivity contribution in [2.45, 2.75) is 19.9 Å². The van der Waals surface area contributed by atoms with Gasteiger partial charge in [0.1, 0.15) is 12.4 Å². The topological polar surface area (TPSA) is 39.7 Å². The zero-order valence-corrected chi connectivity index (χ0v) is 9.66. The molecule has 0 saturated carbocycles. The zero-order chi connectivity index (χ0) is 11.4. The average Bonchev–Trinajstić information content (AvgIpc) is 2.71. The fraction of sp³-hybridized carbons (Fsp3) is 0.500. The molecule has 0 fully saturated rings. The summed E-state index contributed by atoms with van der Waals surface area (Å²) in [5.41, 5.74) is 0. The van der Waals surface area contributed by atoms with E-state index in [1.165, 1.54) is 0 Å². The lowest BCUT2D eigenvalue weighted by atomic mass is 10.3. The van der Waals surface area contributed by atoms with Crippen LogP contribution < -0.4 is 19.5 Å². The van der Waals surface area contributed by atoms with Gasteiger partial charge in [-0.2, -0.15) is 0 Å². The van der Waals surface area contributed by atoms with Crippen molar-refractivity contribution in [1.82, 2.24) is 5.32 Å². The summed E-state index contributed by atoms with van der Waals surface area (Å²) in [6, 6.07) is 6.11. The van der Waals surface area contributed by atoms with Crippen molar-refractivity contribution < 1.29 is 14.2 Å². The molecule has 0 saturated heterocycles.